The molecule has 0 N–H and O–H groups in total. The molecule has 0 fully saturated rings. The number of rotatable bonds is 8. The molecule has 0 aliphatic heterocycles. The molecule has 2 aromatic carbocycles. The van der Waals surface area contributed by atoms with Crippen molar-refractivity contribution in [3.63, 3.8) is 0 Å². The molecule has 0 spiro atoms. The van der Waals surface area contributed by atoms with E-state index in [1.807, 2.05) is 37.3 Å². The third kappa shape index (κ3) is 4.98. The van der Waals surface area contributed by atoms with Crippen molar-refractivity contribution in [2.24, 2.45) is 5.16 Å². The van der Waals surface area contributed by atoms with Crippen LogP contribution in [0.1, 0.15) is 33.7 Å². The van der Waals surface area contributed by atoms with Crippen molar-refractivity contribution < 1.29 is 23.5 Å². The fourth-order valence-corrected chi connectivity index (χ4v) is 3.01. The molecule has 1 heterocycles. The van der Waals surface area contributed by atoms with Gasteiger partial charge in [0.15, 0.2) is 12.3 Å². The standard InChI is InChI=1S/C21H21N3O5S/c1-13-8-10-14(11-9-13)28-12-17-22-23-20(29-17)19(30)16-7-5-4-6-15(16)18(24-27-3)21(25)26-2/h4-11,19,30H,12H2,1-3H3. The first-order valence-electron chi connectivity index (χ1n) is 9.02. The van der Waals surface area contributed by atoms with E-state index in [-0.39, 0.29) is 18.2 Å². The fraction of sp³-hybridized carbons (Fsp3) is 0.238. The monoisotopic (exact) mass is 427 g/mol. The second-order valence-corrected chi connectivity index (χ2v) is 6.76. The Kier molecular flexibility index (Phi) is 7.08. The molecular formula is C21H21N3O5S. The van der Waals surface area contributed by atoms with E-state index >= 15 is 0 Å². The third-order valence-corrected chi connectivity index (χ3v) is 4.67. The van der Waals surface area contributed by atoms with Crippen molar-refractivity contribution >= 4 is 24.3 Å². The van der Waals surface area contributed by atoms with Crippen LogP contribution in [0.15, 0.2) is 58.1 Å². The van der Waals surface area contributed by atoms with Gasteiger partial charge in [-0.3, -0.25) is 0 Å². The molecule has 3 aromatic rings. The van der Waals surface area contributed by atoms with Gasteiger partial charge >= 0.3 is 5.97 Å². The smallest absolute Gasteiger partial charge is 0.360 e. The summed E-state index contributed by atoms with van der Waals surface area (Å²) in [7, 11) is 2.62. The first kappa shape index (κ1) is 21.4. The second kappa shape index (κ2) is 9.93. The fourth-order valence-electron chi connectivity index (χ4n) is 2.68. The minimum Gasteiger partial charge on any atom is -0.484 e. The van der Waals surface area contributed by atoms with Gasteiger partial charge in [0.25, 0.3) is 5.89 Å². The topological polar surface area (TPSA) is 96.0 Å². The van der Waals surface area contributed by atoms with Crippen LogP contribution in [0.2, 0.25) is 0 Å². The number of aromatic nitrogens is 2. The number of hydrogen-bond acceptors (Lipinski definition) is 9. The SMILES string of the molecule is CON=C(C(=O)OC)c1ccccc1C(S)c1nnc(COc2ccc(C)cc2)o1. The van der Waals surface area contributed by atoms with Gasteiger partial charge in [-0.2, -0.15) is 12.6 Å². The first-order valence-corrected chi connectivity index (χ1v) is 9.53. The quantitative estimate of drug-likeness (QED) is 0.254. The zero-order valence-corrected chi connectivity index (χ0v) is 17.6. The van der Waals surface area contributed by atoms with Gasteiger partial charge in [0.1, 0.15) is 18.1 Å². The van der Waals surface area contributed by atoms with E-state index in [2.05, 4.69) is 28.0 Å². The van der Waals surface area contributed by atoms with Crippen LogP contribution in [0.3, 0.4) is 0 Å². The lowest BCUT2D eigenvalue weighted by Gasteiger charge is -2.13. The number of carbonyl (C=O) groups excluding carboxylic acids is 1. The number of carbonyl (C=O) groups is 1. The number of oxime groups is 1. The van der Waals surface area contributed by atoms with E-state index in [0.29, 0.717) is 22.8 Å². The van der Waals surface area contributed by atoms with Crippen LogP contribution in [-0.2, 0) is 21.0 Å². The number of esters is 1. The van der Waals surface area contributed by atoms with Crippen molar-refractivity contribution in [2.45, 2.75) is 18.8 Å². The van der Waals surface area contributed by atoms with Gasteiger partial charge in [-0.1, -0.05) is 47.1 Å². The highest BCUT2D eigenvalue weighted by Gasteiger charge is 2.25. The number of hydrogen-bond donors (Lipinski definition) is 1. The van der Waals surface area contributed by atoms with Gasteiger partial charge < -0.3 is 18.7 Å². The van der Waals surface area contributed by atoms with Crippen molar-refractivity contribution in [1.82, 2.24) is 10.2 Å². The summed E-state index contributed by atoms with van der Waals surface area (Å²) in [5.41, 5.74) is 2.28. The van der Waals surface area contributed by atoms with Crippen LogP contribution >= 0.6 is 12.6 Å². The average Bonchev–Trinajstić information content (AvgIpc) is 3.25. The molecule has 0 radical (unpaired) electrons. The summed E-state index contributed by atoms with van der Waals surface area (Å²) in [5, 5.41) is 11.3. The van der Waals surface area contributed by atoms with E-state index in [4.69, 9.17) is 18.7 Å². The largest absolute Gasteiger partial charge is 0.484 e. The molecule has 1 unspecified atom stereocenters. The van der Waals surface area contributed by atoms with Gasteiger partial charge in [0.2, 0.25) is 5.89 Å². The molecule has 30 heavy (non-hydrogen) atoms. The van der Waals surface area contributed by atoms with Crippen molar-refractivity contribution in [1.29, 1.82) is 0 Å². The number of aryl methyl sites for hydroxylation is 1. The minimum absolute atomic E-state index is 0.0112. The maximum Gasteiger partial charge on any atom is 0.360 e. The van der Waals surface area contributed by atoms with Gasteiger partial charge in [0, 0.05) is 5.56 Å². The highest BCUT2D eigenvalue weighted by Crippen LogP contribution is 2.30. The Morgan fingerprint density at radius 3 is 2.57 bits per heavy atom. The summed E-state index contributed by atoms with van der Waals surface area (Å²) in [6, 6.07) is 14.7. The average molecular weight is 427 g/mol. The van der Waals surface area contributed by atoms with Crippen molar-refractivity contribution in [2.75, 3.05) is 14.2 Å². The number of methoxy groups -OCH3 is 1. The molecule has 0 bridgehead atoms. The molecular weight excluding hydrogens is 406 g/mol. The van der Waals surface area contributed by atoms with Crippen molar-refractivity contribution in [3.8, 4) is 5.75 Å². The molecule has 1 aromatic heterocycles. The minimum atomic E-state index is -0.637. The van der Waals surface area contributed by atoms with Crippen molar-refractivity contribution in [3.05, 3.63) is 77.0 Å². The molecule has 0 aliphatic carbocycles. The van der Waals surface area contributed by atoms with E-state index in [1.54, 1.807) is 18.2 Å². The van der Waals surface area contributed by atoms with Gasteiger partial charge in [0.05, 0.1) is 7.11 Å². The highest BCUT2D eigenvalue weighted by molar-refractivity contribution is 7.80. The van der Waals surface area contributed by atoms with Crippen LogP contribution in [0.5, 0.6) is 5.75 Å². The molecule has 156 valence electrons. The van der Waals surface area contributed by atoms with Crippen LogP contribution in [0, 0.1) is 6.92 Å². The zero-order chi connectivity index (χ0) is 21.5. The number of thiol groups is 1. The van der Waals surface area contributed by atoms with E-state index in [0.717, 1.165) is 5.56 Å². The van der Waals surface area contributed by atoms with E-state index in [9.17, 15) is 4.79 Å². The van der Waals surface area contributed by atoms with Gasteiger partial charge in [-0.05, 0) is 24.6 Å². The number of ether oxygens (including phenoxy) is 2. The summed E-state index contributed by atoms with van der Waals surface area (Å²) in [4.78, 5) is 16.9. The Morgan fingerprint density at radius 1 is 1.13 bits per heavy atom. The molecule has 1 atom stereocenters. The Bertz CT molecular complexity index is 1030. The first-order chi connectivity index (χ1) is 14.5. The van der Waals surface area contributed by atoms with Gasteiger partial charge in [-0.25, -0.2) is 4.79 Å². The molecule has 8 nitrogen and oxygen atoms in total. The summed E-state index contributed by atoms with van der Waals surface area (Å²) in [6.07, 6.45) is 0. The van der Waals surface area contributed by atoms with Crippen LogP contribution in [-0.4, -0.2) is 36.1 Å². The maximum atomic E-state index is 12.1. The molecule has 0 saturated carbocycles. The van der Waals surface area contributed by atoms with E-state index < -0.39 is 11.2 Å². The summed E-state index contributed by atoms with van der Waals surface area (Å²) in [6.45, 7) is 2.12. The molecule has 0 aliphatic rings. The Labute approximate surface area is 179 Å². The Balaban J connectivity index is 1.80. The lowest BCUT2D eigenvalue weighted by molar-refractivity contribution is -0.132. The van der Waals surface area contributed by atoms with Crippen LogP contribution < -0.4 is 4.74 Å². The highest BCUT2D eigenvalue weighted by atomic mass is 32.1. The normalized spacial score (nSPS) is 12.3. The predicted molar refractivity (Wildman–Crippen MR) is 113 cm³/mol. The predicted octanol–water partition coefficient (Wildman–Crippen LogP) is 3.50. The van der Waals surface area contributed by atoms with E-state index in [1.165, 1.54) is 14.2 Å². The summed E-state index contributed by atoms with van der Waals surface area (Å²) < 4.78 is 16.2. The number of benzene rings is 2. The lowest BCUT2D eigenvalue weighted by atomic mass is 10.00. The Hall–Kier alpha value is -3.33. The lowest BCUT2D eigenvalue weighted by Crippen LogP contribution is -2.20. The van der Waals surface area contributed by atoms with Crippen LogP contribution in [0.25, 0.3) is 0 Å². The van der Waals surface area contributed by atoms with Gasteiger partial charge in [-0.15, -0.1) is 10.2 Å². The molecule has 3 rings (SSSR count). The van der Waals surface area contributed by atoms with Crippen LogP contribution in [0.4, 0.5) is 0 Å². The Morgan fingerprint density at radius 2 is 1.87 bits per heavy atom. The molecule has 9 heteroatoms. The third-order valence-electron chi connectivity index (χ3n) is 4.17. The zero-order valence-electron chi connectivity index (χ0n) is 16.7. The molecule has 0 amide bonds. The number of nitrogens with zero attached hydrogens (tertiary/aromatic N) is 3. The molecule has 0 saturated heterocycles. The summed E-state index contributed by atoms with van der Waals surface area (Å²) >= 11 is 4.62. The maximum absolute atomic E-state index is 12.1. The second-order valence-electron chi connectivity index (χ2n) is 6.24. The summed E-state index contributed by atoms with van der Waals surface area (Å²) in [5.74, 6) is 0.630.